The SMILES string of the molecule is C[C@H]1O[C@H](O[C@]2(CCl)O[C@@H](CCl)C(O)C2O)[C@H](O)[C@@H](O)[C@H]1Cl. The van der Waals surface area contributed by atoms with Crippen LogP contribution < -0.4 is 0 Å². The lowest BCUT2D eigenvalue weighted by Gasteiger charge is -2.42. The number of halogens is 3. The molecule has 0 spiro atoms. The normalized spacial score (nSPS) is 52.9. The summed E-state index contributed by atoms with van der Waals surface area (Å²) in [7, 11) is 0. The Morgan fingerprint density at radius 1 is 1.09 bits per heavy atom. The molecule has 10 heteroatoms. The fourth-order valence-corrected chi connectivity index (χ4v) is 3.25. The molecule has 2 rings (SSSR count). The predicted molar refractivity (Wildman–Crippen MR) is 78.1 cm³/mol. The molecule has 0 amide bonds. The van der Waals surface area contributed by atoms with E-state index < -0.39 is 54.1 Å². The van der Waals surface area contributed by atoms with Gasteiger partial charge in [0, 0.05) is 0 Å². The standard InChI is InChI=1S/C12H19Cl3O7/c1-4-6(15)8(17)9(18)11(20-4)22-12(3-14)10(19)7(16)5(2-13)21-12/h4-11,16-19H,2-3H2,1H3/t4-,5+,6+,7?,8+,9-,10?,11-,12+/m1/s1. The third-order valence-corrected chi connectivity index (χ3v) is 5.20. The Balaban J connectivity index is 2.16. The molecule has 0 radical (unpaired) electrons. The van der Waals surface area contributed by atoms with Crippen LogP contribution in [0.3, 0.4) is 0 Å². The van der Waals surface area contributed by atoms with Crippen molar-refractivity contribution in [2.24, 2.45) is 0 Å². The van der Waals surface area contributed by atoms with Crippen molar-refractivity contribution in [1.82, 2.24) is 0 Å². The van der Waals surface area contributed by atoms with E-state index in [1.165, 1.54) is 0 Å². The molecule has 4 N–H and O–H groups in total. The van der Waals surface area contributed by atoms with E-state index in [9.17, 15) is 20.4 Å². The van der Waals surface area contributed by atoms with E-state index in [1.54, 1.807) is 6.92 Å². The van der Waals surface area contributed by atoms with Crippen molar-refractivity contribution in [3.05, 3.63) is 0 Å². The van der Waals surface area contributed by atoms with Gasteiger partial charge in [-0.1, -0.05) is 0 Å². The van der Waals surface area contributed by atoms with E-state index in [4.69, 9.17) is 49.0 Å². The van der Waals surface area contributed by atoms with Gasteiger partial charge in [0.1, 0.15) is 30.5 Å². The first-order chi connectivity index (χ1) is 10.3. The smallest absolute Gasteiger partial charge is 0.214 e. The largest absolute Gasteiger partial charge is 0.389 e. The summed E-state index contributed by atoms with van der Waals surface area (Å²) in [6, 6.07) is 0. The Morgan fingerprint density at radius 2 is 1.73 bits per heavy atom. The van der Waals surface area contributed by atoms with Crippen LogP contribution in [0.25, 0.3) is 0 Å². The van der Waals surface area contributed by atoms with Gasteiger partial charge in [-0.05, 0) is 6.92 Å². The van der Waals surface area contributed by atoms with Gasteiger partial charge in [0.15, 0.2) is 6.29 Å². The Labute approximate surface area is 142 Å². The number of alkyl halides is 3. The van der Waals surface area contributed by atoms with Gasteiger partial charge < -0.3 is 34.6 Å². The number of hydrogen-bond acceptors (Lipinski definition) is 7. The average molecular weight is 382 g/mol. The second-order valence-corrected chi connectivity index (χ2v) is 6.52. The van der Waals surface area contributed by atoms with Crippen LogP contribution in [0.2, 0.25) is 0 Å². The third-order valence-electron chi connectivity index (χ3n) is 3.91. The summed E-state index contributed by atoms with van der Waals surface area (Å²) in [6.45, 7) is 1.60. The van der Waals surface area contributed by atoms with E-state index in [0.717, 1.165) is 0 Å². The van der Waals surface area contributed by atoms with E-state index in [0.29, 0.717) is 0 Å². The van der Waals surface area contributed by atoms with E-state index in [-0.39, 0.29) is 11.8 Å². The minimum atomic E-state index is -1.81. The molecule has 2 saturated heterocycles. The molecule has 2 heterocycles. The van der Waals surface area contributed by atoms with Gasteiger partial charge in [-0.25, -0.2) is 0 Å². The molecule has 0 aliphatic carbocycles. The van der Waals surface area contributed by atoms with Crippen LogP contribution in [0.4, 0.5) is 0 Å². The third kappa shape index (κ3) is 3.21. The van der Waals surface area contributed by atoms with Crippen LogP contribution in [-0.2, 0) is 14.2 Å². The van der Waals surface area contributed by atoms with Crippen molar-refractivity contribution >= 4 is 34.8 Å². The second-order valence-electron chi connectivity index (χ2n) is 5.44. The quantitative estimate of drug-likeness (QED) is 0.480. The summed E-state index contributed by atoms with van der Waals surface area (Å²) in [5.74, 6) is -2.25. The molecule has 2 aliphatic rings. The number of rotatable bonds is 4. The zero-order valence-corrected chi connectivity index (χ0v) is 13.9. The van der Waals surface area contributed by atoms with Crippen molar-refractivity contribution in [2.75, 3.05) is 11.8 Å². The molecule has 0 aromatic rings. The van der Waals surface area contributed by atoms with E-state index in [1.807, 2.05) is 0 Å². The Hall–Kier alpha value is 0.590. The van der Waals surface area contributed by atoms with Gasteiger partial charge in [0.2, 0.25) is 5.79 Å². The molecule has 9 atom stereocenters. The fourth-order valence-electron chi connectivity index (χ4n) is 2.51. The van der Waals surface area contributed by atoms with Crippen molar-refractivity contribution in [1.29, 1.82) is 0 Å². The molecule has 2 aliphatic heterocycles. The lowest BCUT2D eigenvalue weighted by Crippen LogP contribution is -2.60. The summed E-state index contributed by atoms with van der Waals surface area (Å²) in [4.78, 5) is 0. The fraction of sp³-hybridized carbons (Fsp3) is 1.00. The van der Waals surface area contributed by atoms with Gasteiger partial charge in [-0.15, -0.1) is 34.8 Å². The molecular formula is C12H19Cl3O7. The van der Waals surface area contributed by atoms with Crippen molar-refractivity contribution in [2.45, 2.75) is 61.0 Å². The van der Waals surface area contributed by atoms with E-state index >= 15 is 0 Å². The lowest BCUT2D eigenvalue weighted by atomic mass is 10.0. The van der Waals surface area contributed by atoms with Crippen LogP contribution in [0.15, 0.2) is 0 Å². The molecule has 0 saturated carbocycles. The monoisotopic (exact) mass is 380 g/mol. The van der Waals surface area contributed by atoms with Crippen LogP contribution in [-0.4, -0.2) is 86.3 Å². The summed E-state index contributed by atoms with van der Waals surface area (Å²) >= 11 is 17.4. The van der Waals surface area contributed by atoms with Crippen molar-refractivity contribution in [3.63, 3.8) is 0 Å². The van der Waals surface area contributed by atoms with Gasteiger partial charge >= 0.3 is 0 Å². The predicted octanol–water partition coefficient (Wildman–Crippen LogP) is -0.629. The first-order valence-corrected chi connectivity index (χ1v) is 8.27. The molecule has 2 unspecified atom stereocenters. The molecule has 2 fully saturated rings. The van der Waals surface area contributed by atoms with Gasteiger partial charge in [0.25, 0.3) is 0 Å². The van der Waals surface area contributed by atoms with Crippen LogP contribution in [0.1, 0.15) is 6.92 Å². The minimum Gasteiger partial charge on any atom is -0.389 e. The molecular weight excluding hydrogens is 362 g/mol. The first-order valence-electron chi connectivity index (χ1n) is 6.76. The number of ether oxygens (including phenoxy) is 3. The zero-order chi connectivity index (χ0) is 16.7. The molecule has 7 nitrogen and oxygen atoms in total. The van der Waals surface area contributed by atoms with Gasteiger partial charge in [0.05, 0.1) is 23.2 Å². The molecule has 22 heavy (non-hydrogen) atoms. The Kier molecular flexibility index (Phi) is 6.22. The van der Waals surface area contributed by atoms with E-state index in [2.05, 4.69) is 0 Å². The second kappa shape index (κ2) is 7.23. The Morgan fingerprint density at radius 3 is 2.23 bits per heavy atom. The molecule has 130 valence electrons. The van der Waals surface area contributed by atoms with Crippen LogP contribution in [0.5, 0.6) is 0 Å². The summed E-state index contributed by atoms with van der Waals surface area (Å²) in [6.07, 6.45) is -8.42. The van der Waals surface area contributed by atoms with Crippen LogP contribution in [0, 0.1) is 0 Å². The highest BCUT2D eigenvalue weighted by atomic mass is 35.5. The highest BCUT2D eigenvalue weighted by molar-refractivity contribution is 6.21. The first kappa shape index (κ1) is 18.9. The summed E-state index contributed by atoms with van der Waals surface area (Å²) in [5.41, 5.74) is 0. The number of hydrogen-bond donors (Lipinski definition) is 4. The van der Waals surface area contributed by atoms with Crippen LogP contribution >= 0.6 is 34.8 Å². The molecule has 0 aromatic carbocycles. The minimum absolute atomic E-state index is 0.0862. The van der Waals surface area contributed by atoms with Crippen molar-refractivity contribution in [3.8, 4) is 0 Å². The summed E-state index contributed by atoms with van der Waals surface area (Å²) < 4.78 is 16.3. The number of aliphatic hydroxyl groups is 4. The number of aliphatic hydroxyl groups excluding tert-OH is 4. The maximum absolute atomic E-state index is 10.1. The Bertz CT molecular complexity index is 390. The lowest BCUT2D eigenvalue weighted by molar-refractivity contribution is -0.354. The maximum Gasteiger partial charge on any atom is 0.214 e. The zero-order valence-electron chi connectivity index (χ0n) is 11.7. The highest BCUT2D eigenvalue weighted by Crippen LogP contribution is 2.37. The molecule has 0 bridgehead atoms. The summed E-state index contributed by atoms with van der Waals surface area (Å²) in [5, 5.41) is 39.1. The van der Waals surface area contributed by atoms with Gasteiger partial charge in [-0.3, -0.25) is 0 Å². The maximum atomic E-state index is 10.1. The molecule has 0 aromatic heterocycles. The topological polar surface area (TPSA) is 109 Å². The highest BCUT2D eigenvalue weighted by Gasteiger charge is 2.57. The average Bonchev–Trinajstić information content (AvgIpc) is 2.75. The van der Waals surface area contributed by atoms with Gasteiger partial charge in [-0.2, -0.15) is 0 Å². The van der Waals surface area contributed by atoms with Crippen molar-refractivity contribution < 1.29 is 34.6 Å².